The Bertz CT molecular complexity index is 913. The molecule has 0 aliphatic rings. The van der Waals surface area contributed by atoms with Crippen LogP contribution in [0.2, 0.25) is 0 Å². The van der Waals surface area contributed by atoms with Gasteiger partial charge in [-0.3, -0.25) is 9.10 Å². The van der Waals surface area contributed by atoms with Crippen LogP contribution in [0.1, 0.15) is 19.4 Å². The Kier molecular flexibility index (Phi) is 7.90. The summed E-state index contributed by atoms with van der Waals surface area (Å²) >= 11 is 0. The summed E-state index contributed by atoms with van der Waals surface area (Å²) in [6.07, 6.45) is 1.08. The molecule has 0 saturated heterocycles. The summed E-state index contributed by atoms with van der Waals surface area (Å²) in [6, 6.07) is 13.3. The number of rotatable bonds is 10. The topological polar surface area (TPSA) is 84.9 Å². The third-order valence-corrected chi connectivity index (χ3v) is 5.48. The van der Waals surface area contributed by atoms with Crippen molar-refractivity contribution >= 4 is 21.6 Å². The molecule has 1 unspecified atom stereocenters. The molecule has 7 nitrogen and oxygen atoms in total. The van der Waals surface area contributed by atoms with Crippen LogP contribution in [-0.2, 0) is 14.8 Å². The van der Waals surface area contributed by atoms with E-state index in [-0.39, 0.29) is 13.2 Å². The fourth-order valence-corrected chi connectivity index (χ4v) is 4.04. The van der Waals surface area contributed by atoms with Crippen molar-refractivity contribution in [2.45, 2.75) is 26.8 Å². The molecule has 8 heteroatoms. The quantitative estimate of drug-likeness (QED) is 0.598. The van der Waals surface area contributed by atoms with E-state index in [0.717, 1.165) is 21.9 Å². The van der Waals surface area contributed by atoms with Crippen molar-refractivity contribution in [3.8, 4) is 11.5 Å². The van der Waals surface area contributed by atoms with Crippen molar-refractivity contribution in [2.24, 2.45) is 0 Å². The Hall–Kier alpha value is -2.74. The van der Waals surface area contributed by atoms with E-state index in [4.69, 9.17) is 9.47 Å². The number of anilines is 1. The molecule has 0 aromatic heterocycles. The van der Waals surface area contributed by atoms with E-state index in [1.807, 2.05) is 38.1 Å². The minimum Gasteiger partial charge on any atom is -0.494 e. The van der Waals surface area contributed by atoms with Crippen molar-refractivity contribution in [3.63, 3.8) is 0 Å². The average molecular weight is 421 g/mol. The van der Waals surface area contributed by atoms with Crippen LogP contribution in [0, 0.1) is 6.92 Å². The van der Waals surface area contributed by atoms with Gasteiger partial charge in [-0.05, 0) is 56.7 Å². The normalized spacial score (nSPS) is 12.1. The summed E-state index contributed by atoms with van der Waals surface area (Å²) < 4.78 is 36.8. The van der Waals surface area contributed by atoms with Crippen molar-refractivity contribution < 1.29 is 22.7 Å². The predicted octanol–water partition coefficient (Wildman–Crippen LogP) is 2.74. The van der Waals surface area contributed by atoms with E-state index in [2.05, 4.69) is 5.32 Å². The van der Waals surface area contributed by atoms with Crippen molar-refractivity contribution in [3.05, 3.63) is 54.1 Å². The Morgan fingerprint density at radius 1 is 1.10 bits per heavy atom. The molecule has 0 fully saturated rings. The largest absolute Gasteiger partial charge is 0.494 e. The number of aryl methyl sites for hydroxylation is 1. The van der Waals surface area contributed by atoms with E-state index < -0.39 is 22.0 Å². The van der Waals surface area contributed by atoms with Crippen LogP contribution in [0.15, 0.2) is 48.5 Å². The number of para-hydroxylation sites is 1. The lowest BCUT2D eigenvalue weighted by atomic mass is 10.2. The first-order chi connectivity index (χ1) is 13.7. The molecule has 2 aromatic carbocycles. The molecule has 1 amide bonds. The molecule has 1 N–H and O–H groups in total. The third kappa shape index (κ3) is 6.39. The fourth-order valence-electron chi connectivity index (χ4n) is 2.87. The molecule has 0 bridgehead atoms. The van der Waals surface area contributed by atoms with Gasteiger partial charge < -0.3 is 14.8 Å². The summed E-state index contributed by atoms with van der Waals surface area (Å²) in [7, 11) is -3.67. The number of hydrogen-bond acceptors (Lipinski definition) is 5. The van der Waals surface area contributed by atoms with Crippen LogP contribution in [-0.4, -0.2) is 46.4 Å². The van der Waals surface area contributed by atoms with Gasteiger partial charge in [0.15, 0.2) is 0 Å². The molecular weight excluding hydrogens is 392 g/mol. The lowest BCUT2D eigenvalue weighted by Crippen LogP contribution is -2.48. The highest BCUT2D eigenvalue weighted by Gasteiger charge is 2.28. The second-order valence-corrected chi connectivity index (χ2v) is 8.43. The standard InChI is InChI=1S/C21H28N2O5S/c1-5-27-19-12-10-18(11-13-19)23(29(4,25)26)17(3)21(24)22-14-15-28-20-9-7-6-8-16(20)2/h6-13,17H,5,14-15H2,1-4H3,(H,22,24). The number of amides is 1. The van der Waals surface area contributed by atoms with Gasteiger partial charge in [-0.15, -0.1) is 0 Å². The molecular formula is C21H28N2O5S. The van der Waals surface area contributed by atoms with E-state index >= 15 is 0 Å². The molecule has 0 radical (unpaired) electrons. The van der Waals surface area contributed by atoms with E-state index in [1.165, 1.54) is 0 Å². The molecule has 158 valence electrons. The molecule has 0 aliphatic heterocycles. The first kappa shape index (κ1) is 22.5. The van der Waals surface area contributed by atoms with Crippen LogP contribution in [0.4, 0.5) is 5.69 Å². The van der Waals surface area contributed by atoms with Crippen molar-refractivity contribution in [1.82, 2.24) is 5.32 Å². The highest BCUT2D eigenvalue weighted by molar-refractivity contribution is 7.92. The molecule has 2 aromatic rings. The minimum atomic E-state index is -3.67. The number of hydrogen-bond donors (Lipinski definition) is 1. The highest BCUT2D eigenvalue weighted by Crippen LogP contribution is 2.24. The minimum absolute atomic E-state index is 0.262. The van der Waals surface area contributed by atoms with Crippen LogP contribution in [0.5, 0.6) is 11.5 Å². The third-order valence-electron chi connectivity index (χ3n) is 4.24. The zero-order valence-electron chi connectivity index (χ0n) is 17.2. The molecule has 0 aliphatic carbocycles. The lowest BCUT2D eigenvalue weighted by Gasteiger charge is -2.28. The summed E-state index contributed by atoms with van der Waals surface area (Å²) in [6.45, 7) is 6.42. The zero-order chi connectivity index (χ0) is 21.4. The molecule has 29 heavy (non-hydrogen) atoms. The van der Waals surface area contributed by atoms with Crippen molar-refractivity contribution in [2.75, 3.05) is 30.3 Å². The smallest absolute Gasteiger partial charge is 0.243 e. The Morgan fingerprint density at radius 2 is 1.76 bits per heavy atom. The fraction of sp³-hybridized carbons (Fsp3) is 0.381. The van der Waals surface area contributed by atoms with Gasteiger partial charge in [0, 0.05) is 0 Å². The highest BCUT2D eigenvalue weighted by atomic mass is 32.2. The number of benzene rings is 2. The van der Waals surface area contributed by atoms with Crippen molar-refractivity contribution in [1.29, 1.82) is 0 Å². The first-order valence-electron chi connectivity index (χ1n) is 9.42. The monoisotopic (exact) mass is 420 g/mol. The van der Waals surface area contributed by atoms with Gasteiger partial charge in [0.2, 0.25) is 15.9 Å². The number of nitrogens with one attached hydrogen (secondary N) is 1. The van der Waals surface area contributed by atoms with E-state index in [1.54, 1.807) is 31.2 Å². The lowest BCUT2D eigenvalue weighted by molar-refractivity contribution is -0.121. The maximum absolute atomic E-state index is 12.6. The number of carbonyl (C=O) groups is 1. The molecule has 0 spiro atoms. The average Bonchev–Trinajstić information content (AvgIpc) is 2.67. The van der Waals surface area contributed by atoms with Gasteiger partial charge in [0.25, 0.3) is 0 Å². The maximum atomic E-state index is 12.6. The SMILES string of the molecule is CCOc1ccc(N(C(C)C(=O)NCCOc2ccccc2C)S(C)(=O)=O)cc1. The van der Waals surface area contributed by atoms with E-state index in [0.29, 0.717) is 18.0 Å². The van der Waals surface area contributed by atoms with Gasteiger partial charge in [0.05, 0.1) is 25.1 Å². The molecule has 0 saturated carbocycles. The van der Waals surface area contributed by atoms with Crippen LogP contribution in [0.3, 0.4) is 0 Å². The number of ether oxygens (including phenoxy) is 2. The number of nitrogens with zero attached hydrogens (tertiary/aromatic N) is 1. The van der Waals surface area contributed by atoms with Gasteiger partial charge in [-0.2, -0.15) is 0 Å². The summed E-state index contributed by atoms with van der Waals surface area (Å²) in [5.74, 6) is 0.981. The zero-order valence-corrected chi connectivity index (χ0v) is 18.0. The molecule has 1 atom stereocenters. The summed E-state index contributed by atoms with van der Waals surface area (Å²) in [4.78, 5) is 12.6. The van der Waals surface area contributed by atoms with Gasteiger partial charge in [0.1, 0.15) is 24.1 Å². The molecule has 0 heterocycles. The maximum Gasteiger partial charge on any atom is 0.243 e. The Labute approximate surface area is 172 Å². The Balaban J connectivity index is 2.00. The first-order valence-corrected chi connectivity index (χ1v) is 11.3. The van der Waals surface area contributed by atoms with Crippen LogP contribution in [0.25, 0.3) is 0 Å². The van der Waals surface area contributed by atoms with Gasteiger partial charge >= 0.3 is 0 Å². The molecule has 2 rings (SSSR count). The van der Waals surface area contributed by atoms with Crippen LogP contribution >= 0.6 is 0 Å². The summed E-state index contributed by atoms with van der Waals surface area (Å²) in [5, 5.41) is 2.73. The van der Waals surface area contributed by atoms with Gasteiger partial charge in [-0.1, -0.05) is 18.2 Å². The van der Waals surface area contributed by atoms with Gasteiger partial charge in [-0.25, -0.2) is 8.42 Å². The second kappa shape index (κ2) is 10.2. The summed E-state index contributed by atoms with van der Waals surface area (Å²) in [5.41, 5.74) is 1.40. The number of sulfonamides is 1. The van der Waals surface area contributed by atoms with Crippen LogP contribution < -0.4 is 19.1 Å². The second-order valence-electron chi connectivity index (χ2n) is 6.57. The predicted molar refractivity (Wildman–Crippen MR) is 114 cm³/mol. The number of carbonyl (C=O) groups excluding carboxylic acids is 1. The Morgan fingerprint density at radius 3 is 2.34 bits per heavy atom. The van der Waals surface area contributed by atoms with E-state index in [9.17, 15) is 13.2 Å².